The Morgan fingerprint density at radius 2 is 1.73 bits per heavy atom. The van der Waals surface area contributed by atoms with E-state index in [0.717, 1.165) is 17.7 Å². The largest absolute Gasteiger partial charge is 0.497 e. The molecule has 0 aliphatic heterocycles. The van der Waals surface area contributed by atoms with Gasteiger partial charge in [-0.3, -0.25) is 4.79 Å². The van der Waals surface area contributed by atoms with Gasteiger partial charge in [0.2, 0.25) is 0 Å². The van der Waals surface area contributed by atoms with Gasteiger partial charge in [0.25, 0.3) is 0 Å². The third-order valence-electron chi connectivity index (χ3n) is 3.63. The van der Waals surface area contributed by atoms with Crippen molar-refractivity contribution in [2.24, 2.45) is 0 Å². The minimum atomic E-state index is -0.153. The van der Waals surface area contributed by atoms with Gasteiger partial charge in [-0.15, -0.1) is 0 Å². The number of esters is 1. The van der Waals surface area contributed by atoms with Crippen LogP contribution in [0.1, 0.15) is 30.4 Å². The Morgan fingerprint density at radius 3 is 2.32 bits per heavy atom. The molecule has 0 aromatic heterocycles. The first kappa shape index (κ1) is 16.1. The molecule has 1 atom stereocenters. The topological polar surface area (TPSA) is 35.5 Å². The van der Waals surface area contributed by atoms with Crippen molar-refractivity contribution in [2.75, 3.05) is 13.7 Å². The number of benzene rings is 2. The van der Waals surface area contributed by atoms with Crippen LogP contribution in [-0.2, 0) is 16.0 Å². The molecule has 1 unspecified atom stereocenters. The second kappa shape index (κ2) is 8.23. The van der Waals surface area contributed by atoms with E-state index in [4.69, 9.17) is 9.47 Å². The highest BCUT2D eigenvalue weighted by atomic mass is 16.5. The van der Waals surface area contributed by atoms with E-state index in [1.54, 1.807) is 7.11 Å². The zero-order valence-electron chi connectivity index (χ0n) is 13.1. The lowest BCUT2D eigenvalue weighted by Gasteiger charge is -2.17. The third-order valence-corrected chi connectivity index (χ3v) is 3.63. The minimum Gasteiger partial charge on any atom is -0.497 e. The molecular formula is C19H22O3. The van der Waals surface area contributed by atoms with Crippen molar-refractivity contribution in [3.05, 3.63) is 65.7 Å². The van der Waals surface area contributed by atoms with Crippen molar-refractivity contribution >= 4 is 5.97 Å². The lowest BCUT2D eigenvalue weighted by Crippen LogP contribution is -2.12. The fraction of sp³-hybridized carbons (Fsp3) is 0.316. The number of methoxy groups -OCH3 is 1. The molecule has 22 heavy (non-hydrogen) atoms. The van der Waals surface area contributed by atoms with Crippen LogP contribution in [0.25, 0.3) is 0 Å². The molecule has 0 aliphatic rings. The maximum Gasteiger partial charge on any atom is 0.306 e. The van der Waals surface area contributed by atoms with Gasteiger partial charge in [0.1, 0.15) is 5.75 Å². The van der Waals surface area contributed by atoms with Crippen molar-refractivity contribution in [1.29, 1.82) is 0 Å². The van der Waals surface area contributed by atoms with Crippen LogP contribution in [0.4, 0.5) is 0 Å². The quantitative estimate of drug-likeness (QED) is 0.725. The SMILES string of the molecule is CCOC(=O)CC(Cc1ccccc1)c1ccc(OC)cc1. The maximum atomic E-state index is 11.9. The second-order valence-electron chi connectivity index (χ2n) is 5.17. The highest BCUT2D eigenvalue weighted by molar-refractivity contribution is 5.70. The van der Waals surface area contributed by atoms with Crippen LogP contribution in [0, 0.1) is 0 Å². The number of hydrogen-bond acceptors (Lipinski definition) is 3. The fourth-order valence-corrected chi connectivity index (χ4v) is 2.50. The van der Waals surface area contributed by atoms with Crippen LogP contribution < -0.4 is 4.74 Å². The van der Waals surface area contributed by atoms with Gasteiger partial charge in [-0.05, 0) is 42.5 Å². The summed E-state index contributed by atoms with van der Waals surface area (Å²) in [4.78, 5) is 11.9. The van der Waals surface area contributed by atoms with E-state index in [0.29, 0.717) is 13.0 Å². The van der Waals surface area contributed by atoms with Gasteiger partial charge < -0.3 is 9.47 Å². The first-order valence-electron chi connectivity index (χ1n) is 7.56. The predicted octanol–water partition coefficient (Wildman–Crippen LogP) is 3.97. The van der Waals surface area contributed by atoms with Gasteiger partial charge in [-0.2, -0.15) is 0 Å². The van der Waals surface area contributed by atoms with Crippen molar-refractivity contribution in [1.82, 2.24) is 0 Å². The van der Waals surface area contributed by atoms with Gasteiger partial charge in [-0.1, -0.05) is 42.5 Å². The first-order valence-corrected chi connectivity index (χ1v) is 7.56. The van der Waals surface area contributed by atoms with Crippen LogP contribution in [0.2, 0.25) is 0 Å². The highest BCUT2D eigenvalue weighted by Gasteiger charge is 2.17. The second-order valence-corrected chi connectivity index (χ2v) is 5.17. The smallest absolute Gasteiger partial charge is 0.306 e. The average Bonchev–Trinajstić information content (AvgIpc) is 2.55. The molecule has 2 aromatic rings. The molecule has 3 nitrogen and oxygen atoms in total. The lowest BCUT2D eigenvalue weighted by molar-refractivity contribution is -0.143. The Morgan fingerprint density at radius 1 is 1.05 bits per heavy atom. The van der Waals surface area contributed by atoms with Crippen LogP contribution in [0.15, 0.2) is 54.6 Å². The molecule has 0 amide bonds. The molecule has 0 spiro atoms. The summed E-state index contributed by atoms with van der Waals surface area (Å²) in [6, 6.07) is 18.1. The van der Waals surface area contributed by atoms with Gasteiger partial charge in [-0.25, -0.2) is 0 Å². The van der Waals surface area contributed by atoms with E-state index < -0.39 is 0 Å². The van der Waals surface area contributed by atoms with E-state index in [2.05, 4.69) is 12.1 Å². The number of rotatable bonds is 7. The summed E-state index contributed by atoms with van der Waals surface area (Å²) >= 11 is 0. The molecule has 2 rings (SSSR count). The Labute approximate surface area is 131 Å². The van der Waals surface area contributed by atoms with E-state index in [1.165, 1.54) is 5.56 Å². The molecule has 0 aliphatic carbocycles. The first-order chi connectivity index (χ1) is 10.7. The van der Waals surface area contributed by atoms with Gasteiger partial charge in [0.05, 0.1) is 20.1 Å². The summed E-state index contributed by atoms with van der Waals surface area (Å²) in [5, 5.41) is 0. The van der Waals surface area contributed by atoms with Gasteiger partial charge >= 0.3 is 5.97 Å². The Bertz CT molecular complexity index is 575. The van der Waals surface area contributed by atoms with Crippen LogP contribution in [-0.4, -0.2) is 19.7 Å². The third kappa shape index (κ3) is 4.62. The monoisotopic (exact) mass is 298 g/mol. The van der Waals surface area contributed by atoms with E-state index in [9.17, 15) is 4.79 Å². The van der Waals surface area contributed by atoms with E-state index in [-0.39, 0.29) is 11.9 Å². The highest BCUT2D eigenvalue weighted by Crippen LogP contribution is 2.26. The van der Waals surface area contributed by atoms with Crippen molar-refractivity contribution in [2.45, 2.75) is 25.7 Å². The summed E-state index contributed by atoms with van der Waals surface area (Å²) in [5.41, 5.74) is 2.34. The molecule has 0 saturated carbocycles. The van der Waals surface area contributed by atoms with Crippen molar-refractivity contribution in [3.8, 4) is 5.75 Å². The molecule has 0 radical (unpaired) electrons. The average molecular weight is 298 g/mol. The maximum absolute atomic E-state index is 11.9. The summed E-state index contributed by atoms with van der Waals surface area (Å²) in [6.07, 6.45) is 1.20. The number of carbonyl (C=O) groups is 1. The van der Waals surface area contributed by atoms with Gasteiger partial charge in [0.15, 0.2) is 0 Å². The number of ether oxygens (including phenoxy) is 2. The normalized spacial score (nSPS) is 11.7. The molecule has 0 heterocycles. The van der Waals surface area contributed by atoms with Crippen molar-refractivity contribution in [3.63, 3.8) is 0 Å². The van der Waals surface area contributed by atoms with Crippen LogP contribution in [0.5, 0.6) is 5.75 Å². The Balaban J connectivity index is 2.17. The molecule has 0 bridgehead atoms. The Kier molecular flexibility index (Phi) is 6.01. The molecular weight excluding hydrogens is 276 g/mol. The molecule has 116 valence electrons. The molecule has 2 aromatic carbocycles. The van der Waals surface area contributed by atoms with Gasteiger partial charge in [0, 0.05) is 0 Å². The van der Waals surface area contributed by atoms with E-state index in [1.807, 2.05) is 49.4 Å². The molecule has 0 N–H and O–H groups in total. The zero-order valence-corrected chi connectivity index (χ0v) is 13.1. The minimum absolute atomic E-state index is 0.104. The van der Waals surface area contributed by atoms with Crippen LogP contribution in [0.3, 0.4) is 0 Å². The van der Waals surface area contributed by atoms with E-state index >= 15 is 0 Å². The summed E-state index contributed by atoms with van der Waals surface area (Å²) in [6.45, 7) is 2.25. The molecule has 0 saturated heterocycles. The molecule has 0 fully saturated rings. The van der Waals surface area contributed by atoms with Crippen molar-refractivity contribution < 1.29 is 14.3 Å². The molecule has 3 heteroatoms. The summed E-state index contributed by atoms with van der Waals surface area (Å²) in [7, 11) is 1.65. The summed E-state index contributed by atoms with van der Waals surface area (Å²) < 4.78 is 10.3. The number of carbonyl (C=O) groups excluding carboxylic acids is 1. The lowest BCUT2D eigenvalue weighted by atomic mass is 9.89. The fourth-order valence-electron chi connectivity index (χ4n) is 2.50. The number of hydrogen-bond donors (Lipinski definition) is 0. The summed E-state index contributed by atoms with van der Waals surface area (Å²) in [5.74, 6) is 0.768. The zero-order chi connectivity index (χ0) is 15.8. The standard InChI is InChI=1S/C19H22O3/c1-3-22-19(20)14-17(13-15-7-5-4-6-8-15)16-9-11-18(21-2)12-10-16/h4-12,17H,3,13-14H2,1-2H3. The predicted molar refractivity (Wildman–Crippen MR) is 87.1 cm³/mol. The van der Waals surface area contributed by atoms with Crippen LogP contribution >= 0.6 is 0 Å². The Hall–Kier alpha value is -2.29.